The highest BCUT2D eigenvalue weighted by molar-refractivity contribution is 7.10. The van der Waals surface area contributed by atoms with Crippen LogP contribution >= 0.6 is 11.3 Å². The largest absolute Gasteiger partial charge is 0.489 e. The van der Waals surface area contributed by atoms with Gasteiger partial charge in [0.05, 0.1) is 11.4 Å². The van der Waals surface area contributed by atoms with Crippen LogP contribution in [0.25, 0.3) is 11.5 Å². The van der Waals surface area contributed by atoms with Gasteiger partial charge in [-0.3, -0.25) is 14.6 Å². The highest BCUT2D eigenvalue weighted by Crippen LogP contribution is 2.34. The van der Waals surface area contributed by atoms with E-state index in [-0.39, 0.29) is 18.2 Å². The molecule has 1 aromatic carbocycles. The molecule has 2 aromatic heterocycles. The first-order chi connectivity index (χ1) is 16.4. The van der Waals surface area contributed by atoms with Crippen LogP contribution in [0.2, 0.25) is 0 Å². The highest BCUT2D eigenvalue weighted by Gasteiger charge is 2.31. The van der Waals surface area contributed by atoms with E-state index in [1.165, 1.54) is 4.90 Å². The van der Waals surface area contributed by atoms with Crippen molar-refractivity contribution in [1.29, 1.82) is 0 Å². The molecular formula is C23H24N6O4S. The number of rotatable bonds is 6. The van der Waals surface area contributed by atoms with Crippen molar-refractivity contribution < 1.29 is 18.7 Å². The Morgan fingerprint density at radius 2 is 2.18 bits per heavy atom. The van der Waals surface area contributed by atoms with E-state index in [2.05, 4.69) is 32.4 Å². The van der Waals surface area contributed by atoms with Crippen molar-refractivity contribution in [3.8, 4) is 17.2 Å². The van der Waals surface area contributed by atoms with E-state index in [1.54, 1.807) is 50.6 Å². The maximum atomic E-state index is 13.1. The molecule has 0 aliphatic carbocycles. The van der Waals surface area contributed by atoms with Crippen LogP contribution < -0.4 is 20.3 Å². The van der Waals surface area contributed by atoms with Crippen LogP contribution in [0.5, 0.6) is 5.75 Å². The van der Waals surface area contributed by atoms with E-state index in [4.69, 9.17) is 9.15 Å². The second-order valence-corrected chi connectivity index (χ2v) is 8.61. The van der Waals surface area contributed by atoms with Crippen LogP contribution in [0.4, 0.5) is 5.69 Å². The third-order valence-electron chi connectivity index (χ3n) is 5.19. The third kappa shape index (κ3) is 4.99. The maximum absolute atomic E-state index is 13.1. The zero-order chi connectivity index (χ0) is 24.2. The van der Waals surface area contributed by atoms with Crippen LogP contribution in [0.1, 0.15) is 10.8 Å². The number of aliphatic imine (C=N–C) groups is 1. The number of likely N-dealkylation sites (N-methyl/N-ethyl adjacent to an activating group) is 1. The molecule has 3 heterocycles. The number of hydrogen-bond donors (Lipinski definition) is 2. The number of aromatic nitrogens is 2. The molecule has 1 aliphatic rings. The van der Waals surface area contributed by atoms with E-state index < -0.39 is 11.9 Å². The molecule has 0 spiro atoms. The Kier molecular flexibility index (Phi) is 6.73. The predicted molar refractivity (Wildman–Crippen MR) is 129 cm³/mol. The molecule has 0 unspecified atom stereocenters. The molecule has 0 fully saturated rings. The Bertz CT molecular complexity index is 1250. The molecule has 11 heteroatoms. The van der Waals surface area contributed by atoms with E-state index in [9.17, 15) is 9.59 Å². The summed E-state index contributed by atoms with van der Waals surface area (Å²) in [5.41, 5.74) is 1.27. The number of nitrogens with zero attached hydrogens (tertiary/aromatic N) is 4. The van der Waals surface area contributed by atoms with Gasteiger partial charge in [0.2, 0.25) is 11.8 Å². The van der Waals surface area contributed by atoms with Gasteiger partial charge in [-0.15, -0.1) is 21.5 Å². The molecule has 10 nitrogen and oxygen atoms in total. The van der Waals surface area contributed by atoms with Crippen molar-refractivity contribution in [2.24, 2.45) is 4.99 Å². The van der Waals surface area contributed by atoms with E-state index in [0.29, 0.717) is 41.0 Å². The number of fused-ring (bicyclic) bond motifs is 1. The van der Waals surface area contributed by atoms with E-state index in [1.807, 2.05) is 17.5 Å². The molecule has 0 bridgehead atoms. The van der Waals surface area contributed by atoms with Crippen molar-refractivity contribution in [1.82, 2.24) is 20.8 Å². The maximum Gasteiger partial charge on any atom is 0.267 e. The topological polar surface area (TPSA) is 122 Å². The predicted octanol–water partition coefficient (Wildman–Crippen LogP) is 2.32. The Balaban J connectivity index is 1.43. The van der Waals surface area contributed by atoms with Gasteiger partial charge in [-0.25, -0.2) is 0 Å². The van der Waals surface area contributed by atoms with Gasteiger partial charge < -0.3 is 24.7 Å². The quantitative estimate of drug-likeness (QED) is 0.315. The van der Waals surface area contributed by atoms with E-state index in [0.717, 1.165) is 4.88 Å². The summed E-state index contributed by atoms with van der Waals surface area (Å²) < 4.78 is 11.3. The zero-order valence-electron chi connectivity index (χ0n) is 19.0. The summed E-state index contributed by atoms with van der Waals surface area (Å²) in [6.45, 7) is 5.47. The Morgan fingerprint density at radius 1 is 1.35 bits per heavy atom. The third-order valence-corrected chi connectivity index (χ3v) is 6.07. The Morgan fingerprint density at radius 3 is 2.85 bits per heavy atom. The number of amidine groups is 1. The highest BCUT2D eigenvalue weighted by atomic mass is 32.1. The van der Waals surface area contributed by atoms with Gasteiger partial charge in [0.1, 0.15) is 24.2 Å². The lowest BCUT2D eigenvalue weighted by Crippen LogP contribution is -2.51. The fourth-order valence-electron chi connectivity index (χ4n) is 3.38. The number of hydrogen-bond acceptors (Lipinski definition) is 8. The van der Waals surface area contributed by atoms with Crippen molar-refractivity contribution in [3.63, 3.8) is 0 Å². The molecule has 176 valence electrons. The molecule has 1 atom stereocenters. The minimum absolute atomic E-state index is 0.0296. The molecule has 2 amide bonds. The number of carbonyl (C=O) groups excluding carboxylic acids is 2. The number of thiophene rings is 1. The minimum atomic E-state index is -0.906. The molecule has 1 aliphatic heterocycles. The van der Waals surface area contributed by atoms with Gasteiger partial charge in [-0.05, 0) is 29.6 Å². The first-order valence-electron chi connectivity index (χ1n) is 10.5. The summed E-state index contributed by atoms with van der Waals surface area (Å²) >= 11 is 1.60. The normalized spacial score (nSPS) is 15.9. The van der Waals surface area contributed by atoms with Gasteiger partial charge in [-0.1, -0.05) is 12.6 Å². The van der Waals surface area contributed by atoms with Crippen LogP contribution in [0.3, 0.4) is 0 Å². The summed E-state index contributed by atoms with van der Waals surface area (Å²) in [5.74, 6) is 1.03. The Labute approximate surface area is 200 Å². The average molecular weight is 481 g/mol. The fraction of sp³-hybridized carbons (Fsp3) is 0.261. The summed E-state index contributed by atoms with van der Waals surface area (Å²) in [5, 5.41) is 15.5. The second-order valence-electron chi connectivity index (χ2n) is 7.57. The molecule has 0 saturated heterocycles. The Hall–Kier alpha value is -3.99. The summed E-state index contributed by atoms with van der Waals surface area (Å²) in [6.07, 6.45) is 0.548. The first-order valence-corrected chi connectivity index (χ1v) is 11.3. The van der Waals surface area contributed by atoms with Crippen molar-refractivity contribution in [2.75, 3.05) is 25.6 Å². The zero-order valence-corrected chi connectivity index (χ0v) is 19.8. The number of ether oxygens (including phenoxy) is 1. The molecule has 0 radical (unpaired) electrons. The number of nitrogens with one attached hydrogen (secondary N) is 2. The van der Waals surface area contributed by atoms with Crippen molar-refractivity contribution >= 4 is 34.7 Å². The fourth-order valence-corrected chi connectivity index (χ4v) is 4.09. The lowest BCUT2D eigenvalue weighted by molar-refractivity contribution is -0.126. The van der Waals surface area contributed by atoms with Gasteiger partial charge >= 0.3 is 0 Å². The minimum Gasteiger partial charge on any atom is -0.489 e. The smallest absolute Gasteiger partial charge is 0.267 e. The monoisotopic (exact) mass is 480 g/mol. The lowest BCUT2D eigenvalue weighted by atomic mass is 10.1. The molecule has 0 saturated carbocycles. The lowest BCUT2D eigenvalue weighted by Gasteiger charge is -2.21. The SMILES string of the molecule is C=C(NC(Cc1cccs1)=NC)C(=O)N[C@H]1COc2ccc(-c3nnc(C)o3)cc2N(C)C1=O. The van der Waals surface area contributed by atoms with Gasteiger partial charge in [-0.2, -0.15) is 0 Å². The number of anilines is 1. The number of amides is 2. The van der Waals surface area contributed by atoms with E-state index >= 15 is 0 Å². The van der Waals surface area contributed by atoms with Crippen LogP contribution in [-0.4, -0.2) is 54.6 Å². The van der Waals surface area contributed by atoms with Gasteiger partial charge in [0.15, 0.2) is 0 Å². The van der Waals surface area contributed by atoms with Crippen molar-refractivity contribution in [2.45, 2.75) is 19.4 Å². The summed E-state index contributed by atoms with van der Waals surface area (Å²) in [6, 6.07) is 8.27. The van der Waals surface area contributed by atoms with Crippen LogP contribution in [0.15, 0.2) is 57.4 Å². The molecular weight excluding hydrogens is 456 g/mol. The molecule has 2 N–H and O–H groups in total. The number of benzene rings is 1. The summed E-state index contributed by atoms with van der Waals surface area (Å²) in [7, 11) is 3.26. The molecule has 4 rings (SSSR count). The average Bonchev–Trinajstić information content (AvgIpc) is 3.49. The van der Waals surface area contributed by atoms with Gasteiger partial charge in [0.25, 0.3) is 11.8 Å². The molecule has 3 aromatic rings. The van der Waals surface area contributed by atoms with Crippen molar-refractivity contribution in [3.05, 3.63) is 58.8 Å². The van der Waals surface area contributed by atoms with Gasteiger partial charge in [0, 0.05) is 37.9 Å². The second kappa shape index (κ2) is 9.87. The standard InChI is InChI=1S/C23H24N6O4S/c1-13(25-20(24-3)11-16-6-5-9-34-16)21(30)26-17-12-32-19-8-7-15(22-28-27-14(2)33-22)10-18(19)29(4)23(17)31/h5-10,17H,1,11-12H2,2-4H3,(H,24,25)(H,26,30)/t17-/m0/s1. The first kappa shape index (κ1) is 23.2. The summed E-state index contributed by atoms with van der Waals surface area (Å²) in [4.78, 5) is 32.6. The van der Waals surface area contributed by atoms with Crippen LogP contribution in [-0.2, 0) is 16.0 Å². The number of aryl methyl sites for hydroxylation is 1. The number of carbonyl (C=O) groups is 2. The molecule has 34 heavy (non-hydrogen) atoms. The van der Waals surface area contributed by atoms with Crippen LogP contribution in [0, 0.1) is 6.92 Å².